The third kappa shape index (κ3) is 2.24. The van der Waals surface area contributed by atoms with Crippen LogP contribution in [-0.4, -0.2) is 52.6 Å². The van der Waals surface area contributed by atoms with Crippen molar-refractivity contribution in [3.8, 4) is 5.75 Å². The molecule has 2 heterocycles. The minimum absolute atomic E-state index is 0.0701. The number of para-hydroxylation sites is 1. The number of phenols is 1. The van der Waals surface area contributed by atoms with Gasteiger partial charge in [-0.2, -0.15) is 0 Å². The number of imide groups is 2. The molecule has 4 aliphatic rings. The molecule has 0 spiro atoms. The summed E-state index contributed by atoms with van der Waals surface area (Å²) in [5.74, 6) is -3.63. The SMILES string of the molecule is CN1C(=O)[C@H]2[C@H](CC=C3[C@H]2C[C@H]2C(=O)N(C)C(=O)[C@H]2[C@H]3c2ccccc2O)C1=O. The molecule has 0 unspecified atom stereocenters. The summed E-state index contributed by atoms with van der Waals surface area (Å²) < 4.78 is 0. The lowest BCUT2D eigenvalue weighted by atomic mass is 9.57. The number of aromatic hydroxyl groups is 1. The summed E-state index contributed by atoms with van der Waals surface area (Å²) in [5, 5.41) is 10.5. The minimum Gasteiger partial charge on any atom is -0.508 e. The van der Waals surface area contributed by atoms with E-state index in [0.29, 0.717) is 18.4 Å². The summed E-state index contributed by atoms with van der Waals surface area (Å²) in [7, 11) is 3.00. The van der Waals surface area contributed by atoms with Crippen LogP contribution in [0.25, 0.3) is 0 Å². The number of hydrogen-bond acceptors (Lipinski definition) is 5. The van der Waals surface area contributed by atoms with E-state index >= 15 is 0 Å². The fraction of sp³-hybridized carbons (Fsp3) is 0.455. The van der Waals surface area contributed by atoms with Crippen LogP contribution in [0.2, 0.25) is 0 Å². The Hall–Kier alpha value is -2.96. The van der Waals surface area contributed by atoms with Crippen LogP contribution < -0.4 is 0 Å². The van der Waals surface area contributed by atoms with Gasteiger partial charge in [0.2, 0.25) is 23.6 Å². The molecule has 7 heteroatoms. The van der Waals surface area contributed by atoms with Gasteiger partial charge in [0.15, 0.2) is 0 Å². The Balaban J connectivity index is 1.68. The smallest absolute Gasteiger partial charge is 0.233 e. The van der Waals surface area contributed by atoms with Gasteiger partial charge in [-0.1, -0.05) is 29.8 Å². The Kier molecular flexibility index (Phi) is 3.75. The van der Waals surface area contributed by atoms with Crippen LogP contribution in [-0.2, 0) is 19.2 Å². The third-order valence-corrected chi connectivity index (χ3v) is 7.36. The van der Waals surface area contributed by atoms with Crippen LogP contribution in [0.3, 0.4) is 0 Å². The van der Waals surface area contributed by atoms with Gasteiger partial charge in [0.1, 0.15) is 5.75 Å². The molecule has 1 aromatic carbocycles. The molecule has 3 fully saturated rings. The Morgan fingerprint density at radius 3 is 2.14 bits per heavy atom. The average Bonchev–Trinajstić information content (AvgIpc) is 3.07. The van der Waals surface area contributed by atoms with Crippen molar-refractivity contribution < 1.29 is 24.3 Å². The van der Waals surface area contributed by atoms with Crippen molar-refractivity contribution in [3.63, 3.8) is 0 Å². The summed E-state index contributed by atoms with van der Waals surface area (Å²) >= 11 is 0. The zero-order chi connectivity index (χ0) is 20.6. The molecule has 6 atom stereocenters. The highest BCUT2D eigenvalue weighted by molar-refractivity contribution is 6.07. The lowest BCUT2D eigenvalue weighted by Crippen LogP contribution is -2.42. The summed E-state index contributed by atoms with van der Waals surface area (Å²) in [6.45, 7) is 0. The first-order chi connectivity index (χ1) is 13.8. The molecular formula is C22H22N2O5. The van der Waals surface area contributed by atoms with Gasteiger partial charge in [-0.05, 0) is 24.8 Å². The fourth-order valence-electron chi connectivity index (χ4n) is 6.00. The predicted molar refractivity (Wildman–Crippen MR) is 101 cm³/mol. The van der Waals surface area contributed by atoms with Crippen LogP contribution in [0, 0.1) is 29.6 Å². The number of hydrogen-bond donors (Lipinski definition) is 1. The monoisotopic (exact) mass is 394 g/mol. The van der Waals surface area contributed by atoms with Gasteiger partial charge in [-0.15, -0.1) is 0 Å². The zero-order valence-electron chi connectivity index (χ0n) is 16.2. The lowest BCUT2D eigenvalue weighted by molar-refractivity contribution is -0.140. The van der Waals surface area contributed by atoms with Gasteiger partial charge in [-0.3, -0.25) is 29.0 Å². The Morgan fingerprint density at radius 2 is 1.45 bits per heavy atom. The number of allylic oxidation sites excluding steroid dienone is 2. The lowest BCUT2D eigenvalue weighted by Gasteiger charge is -2.44. The fourth-order valence-corrected chi connectivity index (χ4v) is 6.00. The Bertz CT molecular complexity index is 999. The van der Waals surface area contributed by atoms with Crippen molar-refractivity contribution >= 4 is 23.6 Å². The van der Waals surface area contributed by atoms with Gasteiger partial charge >= 0.3 is 0 Å². The van der Waals surface area contributed by atoms with Crippen molar-refractivity contribution in [2.45, 2.75) is 18.8 Å². The second-order valence-electron chi connectivity index (χ2n) is 8.55. The molecule has 5 rings (SSSR count). The number of carbonyl (C=O) groups excluding carboxylic acids is 4. The highest BCUT2D eigenvalue weighted by Gasteiger charge is 2.61. The maximum atomic E-state index is 13.0. The van der Waals surface area contributed by atoms with E-state index < -0.39 is 29.6 Å². The molecule has 0 bridgehead atoms. The van der Waals surface area contributed by atoms with Crippen molar-refractivity contribution in [1.82, 2.24) is 9.80 Å². The molecule has 4 amide bonds. The molecule has 0 radical (unpaired) electrons. The summed E-state index contributed by atoms with van der Waals surface area (Å²) in [6, 6.07) is 6.85. The highest BCUT2D eigenvalue weighted by atomic mass is 16.3. The Morgan fingerprint density at radius 1 is 0.828 bits per heavy atom. The first-order valence-electron chi connectivity index (χ1n) is 9.93. The van der Waals surface area contributed by atoms with Gasteiger partial charge in [0, 0.05) is 25.6 Å². The van der Waals surface area contributed by atoms with Crippen molar-refractivity contribution in [2.24, 2.45) is 29.6 Å². The van der Waals surface area contributed by atoms with E-state index in [9.17, 15) is 24.3 Å². The molecular weight excluding hydrogens is 372 g/mol. The number of rotatable bonds is 1. The number of phenolic OH excluding ortho intramolecular Hbond substituents is 1. The van der Waals surface area contributed by atoms with Crippen molar-refractivity contribution in [2.75, 3.05) is 14.1 Å². The topological polar surface area (TPSA) is 95.0 Å². The van der Waals surface area contributed by atoms with Crippen LogP contribution >= 0.6 is 0 Å². The van der Waals surface area contributed by atoms with E-state index in [1.54, 1.807) is 24.3 Å². The molecule has 1 N–H and O–H groups in total. The van der Waals surface area contributed by atoms with Gasteiger partial charge < -0.3 is 5.11 Å². The molecule has 2 saturated heterocycles. The third-order valence-electron chi connectivity index (χ3n) is 7.36. The number of fused-ring (bicyclic) bond motifs is 4. The second kappa shape index (κ2) is 6.02. The summed E-state index contributed by atoms with van der Waals surface area (Å²) in [5.41, 5.74) is 1.50. The van der Waals surface area contributed by atoms with E-state index in [-0.39, 0.29) is 35.3 Å². The summed E-state index contributed by atoms with van der Waals surface area (Å²) in [6.07, 6.45) is 2.79. The maximum absolute atomic E-state index is 13.0. The summed E-state index contributed by atoms with van der Waals surface area (Å²) in [4.78, 5) is 53.6. The molecule has 1 saturated carbocycles. The van der Waals surface area contributed by atoms with Gasteiger partial charge in [0.25, 0.3) is 0 Å². The number of benzene rings is 1. The molecule has 1 aromatic rings. The van der Waals surface area contributed by atoms with E-state index in [0.717, 1.165) is 5.57 Å². The first-order valence-corrected chi connectivity index (χ1v) is 9.93. The maximum Gasteiger partial charge on any atom is 0.233 e. The normalized spacial score (nSPS) is 36.1. The number of likely N-dealkylation sites (tertiary alicyclic amines) is 2. The number of amides is 4. The molecule has 150 valence electrons. The molecule has 2 aliphatic carbocycles. The number of nitrogens with zero attached hydrogens (tertiary/aromatic N) is 2. The molecule has 2 aliphatic heterocycles. The highest BCUT2D eigenvalue weighted by Crippen LogP contribution is 2.58. The van der Waals surface area contributed by atoms with E-state index in [2.05, 4.69) is 0 Å². The van der Waals surface area contributed by atoms with E-state index in [1.807, 2.05) is 6.08 Å². The van der Waals surface area contributed by atoms with E-state index in [1.165, 1.54) is 23.9 Å². The molecule has 29 heavy (non-hydrogen) atoms. The zero-order valence-corrected chi connectivity index (χ0v) is 16.2. The van der Waals surface area contributed by atoms with Crippen molar-refractivity contribution in [1.29, 1.82) is 0 Å². The van der Waals surface area contributed by atoms with Gasteiger partial charge in [-0.25, -0.2) is 0 Å². The standard InChI is InChI=1S/C22H22N2O5/c1-23-19(26)12-8-7-10-13(17(12)21(23)28)9-14-18(22(29)24(2)20(14)27)16(10)11-5-3-4-6-15(11)25/h3-7,12-14,16-18,25H,8-9H2,1-2H3/t12-,13+,14+,16+,17-,18+/m0/s1. The Labute approximate surface area is 168 Å². The van der Waals surface area contributed by atoms with Crippen LogP contribution in [0.4, 0.5) is 0 Å². The van der Waals surface area contributed by atoms with E-state index in [4.69, 9.17) is 0 Å². The minimum atomic E-state index is -0.593. The van der Waals surface area contributed by atoms with Crippen molar-refractivity contribution in [3.05, 3.63) is 41.5 Å². The molecule has 7 nitrogen and oxygen atoms in total. The van der Waals surface area contributed by atoms with Crippen LogP contribution in [0.15, 0.2) is 35.9 Å². The van der Waals surface area contributed by atoms with Crippen LogP contribution in [0.1, 0.15) is 24.3 Å². The average molecular weight is 394 g/mol. The second-order valence-corrected chi connectivity index (χ2v) is 8.55. The predicted octanol–water partition coefficient (Wildman–Crippen LogP) is 1.29. The van der Waals surface area contributed by atoms with Gasteiger partial charge in [0.05, 0.1) is 23.7 Å². The largest absolute Gasteiger partial charge is 0.508 e. The number of carbonyl (C=O) groups is 4. The van der Waals surface area contributed by atoms with Crippen LogP contribution in [0.5, 0.6) is 5.75 Å². The quantitative estimate of drug-likeness (QED) is 0.572. The first kappa shape index (κ1) is 18.1. The molecule has 0 aromatic heterocycles.